The van der Waals surface area contributed by atoms with E-state index in [1.807, 2.05) is 32.0 Å². The maximum atomic E-state index is 13.9. The molecule has 0 aromatic heterocycles. The van der Waals surface area contributed by atoms with Gasteiger partial charge in [-0.2, -0.15) is 13.2 Å². The van der Waals surface area contributed by atoms with Crippen LogP contribution in [0.25, 0.3) is 21.8 Å². The van der Waals surface area contributed by atoms with Crippen LogP contribution in [0.5, 0.6) is 11.5 Å². The van der Waals surface area contributed by atoms with Gasteiger partial charge in [0, 0.05) is 23.3 Å². The molecule has 0 radical (unpaired) electrons. The number of allylic oxidation sites excluding steroid dienone is 2. The van der Waals surface area contributed by atoms with Crippen molar-refractivity contribution in [2.75, 3.05) is 5.73 Å². The first-order chi connectivity index (χ1) is 27.8. The fourth-order valence-corrected chi connectivity index (χ4v) is 8.13. The third kappa shape index (κ3) is 9.46. The number of ketones is 1. The Balaban J connectivity index is 0.000000281. The Bertz CT molecular complexity index is 2610. The molecule has 298 valence electrons. The topological polar surface area (TPSA) is 211 Å². The van der Waals surface area contributed by atoms with E-state index in [0.29, 0.717) is 70.5 Å². The van der Waals surface area contributed by atoms with E-state index in [0.717, 1.165) is 53.0 Å². The first-order valence-corrected chi connectivity index (χ1v) is 20.4. The molecule has 0 spiro atoms. The third-order valence-electron chi connectivity index (χ3n) is 9.71. The van der Waals surface area contributed by atoms with Crippen LogP contribution in [-0.2, 0) is 23.0 Å². The summed E-state index contributed by atoms with van der Waals surface area (Å²) in [7, 11) is -4.49. The number of carbonyl (C=O) groups excluding carboxylic acids is 2. The lowest BCUT2D eigenvalue weighted by molar-refractivity contribution is -0.402. The molecule has 5 aromatic rings. The molecule has 5 aromatic carbocycles. The summed E-state index contributed by atoms with van der Waals surface area (Å²) in [5.74, 6) is -0.957. The number of phenols is 1. The van der Waals surface area contributed by atoms with Crippen molar-refractivity contribution in [3.05, 3.63) is 159 Å². The minimum absolute atomic E-state index is 0.0238. The van der Waals surface area contributed by atoms with Crippen LogP contribution in [0, 0.1) is 6.92 Å². The monoisotopic (exact) mass is 798 g/mol. The number of aryl methyl sites for hydroxylation is 2. The van der Waals surface area contributed by atoms with Gasteiger partial charge in [0.25, 0.3) is 0 Å². The summed E-state index contributed by atoms with van der Waals surface area (Å²) in [6.07, 6.45) is 8.73. The van der Waals surface area contributed by atoms with Crippen LogP contribution >= 0.6 is 0 Å². The molecular weight excluding hydrogens is 753 g/mol. The number of nitrogens with zero attached hydrogens (tertiary/aromatic N) is 4. The number of rotatable bonds is 14. The van der Waals surface area contributed by atoms with Gasteiger partial charge in [0.05, 0.1) is 18.1 Å². The highest BCUT2D eigenvalue weighted by Crippen LogP contribution is 2.37. The Morgan fingerprint density at radius 1 is 0.914 bits per heavy atom. The van der Waals surface area contributed by atoms with Crippen molar-refractivity contribution < 1.29 is 36.8 Å². The molecule has 5 N–H and O–H groups in total. The molecule has 0 saturated heterocycles. The van der Waals surface area contributed by atoms with Crippen molar-refractivity contribution in [2.45, 2.75) is 70.6 Å². The Kier molecular flexibility index (Phi) is 13.9. The third-order valence-corrected chi connectivity index (χ3v) is 11.1. The van der Waals surface area contributed by atoms with Crippen LogP contribution in [-0.4, -0.2) is 40.8 Å². The first-order valence-electron chi connectivity index (χ1n) is 19.0. The van der Waals surface area contributed by atoms with E-state index in [1.165, 1.54) is 18.2 Å². The highest BCUT2D eigenvalue weighted by molar-refractivity contribution is 7.87. The second kappa shape index (κ2) is 19.0. The number of hydrogen-bond donors (Lipinski definition) is 3. The number of carbonyl (C=O) groups is 2. The van der Waals surface area contributed by atoms with Gasteiger partial charge < -0.3 is 31.8 Å². The molecule has 0 amide bonds. The zero-order chi connectivity index (χ0) is 42.0. The molecule has 1 aliphatic carbocycles. The van der Waals surface area contributed by atoms with Gasteiger partial charge in [0.1, 0.15) is 27.8 Å². The molecule has 0 heterocycles. The predicted molar refractivity (Wildman–Crippen MR) is 225 cm³/mol. The van der Waals surface area contributed by atoms with Crippen LogP contribution in [0.3, 0.4) is 0 Å². The first kappa shape index (κ1) is 42.5. The lowest BCUT2D eigenvalue weighted by Crippen LogP contribution is -2.17. The Morgan fingerprint density at radius 2 is 1.57 bits per heavy atom. The lowest BCUT2D eigenvalue weighted by Gasteiger charge is -2.21. The van der Waals surface area contributed by atoms with Crippen molar-refractivity contribution in [1.29, 1.82) is 0 Å². The predicted octanol–water partition coefficient (Wildman–Crippen LogP) is 9.09. The fourth-order valence-electron chi connectivity index (χ4n) is 6.73. The highest BCUT2D eigenvalue weighted by Gasteiger charge is 2.30. The number of aromatic hydroxyl groups is 1. The Labute approximate surface area is 338 Å². The summed E-state index contributed by atoms with van der Waals surface area (Å²) in [4.78, 5) is 28.2. The molecule has 0 aliphatic heterocycles. The number of fused-ring (bicyclic) bond motifs is 1. The van der Waals surface area contributed by atoms with Crippen molar-refractivity contribution >= 4 is 50.0 Å². The summed E-state index contributed by atoms with van der Waals surface area (Å²) in [6.45, 7) is 6.00. The number of nitrogen functional groups attached to an aromatic ring is 1. The largest absolute Gasteiger partial charge is 0.507 e. The second-order valence-corrected chi connectivity index (χ2v) is 15.3. The van der Waals surface area contributed by atoms with Gasteiger partial charge in [-0.3, -0.25) is 9.59 Å². The summed E-state index contributed by atoms with van der Waals surface area (Å²) in [6, 6.07) is 24.9. The summed E-state index contributed by atoms with van der Waals surface area (Å²) in [5.41, 5.74) is 35.7. The number of hydrogen-bond acceptors (Lipinski definition) is 8. The second-order valence-electron chi connectivity index (χ2n) is 13.8. The molecule has 0 fully saturated rings. The zero-order valence-electron chi connectivity index (χ0n) is 32.7. The van der Waals surface area contributed by atoms with Crippen molar-refractivity contribution in [2.24, 2.45) is 5.73 Å². The van der Waals surface area contributed by atoms with Gasteiger partial charge in [-0.25, -0.2) is 4.70 Å². The number of aldehydes is 1. The average Bonchev–Trinajstić information content (AvgIpc) is 3.22. The summed E-state index contributed by atoms with van der Waals surface area (Å²) < 4.78 is 34.1. The quantitative estimate of drug-likeness (QED) is 0.0187. The smallest absolute Gasteiger partial charge is 0.340 e. The van der Waals surface area contributed by atoms with Gasteiger partial charge in [0.15, 0.2) is 12.1 Å². The minimum atomic E-state index is -4.49. The molecule has 0 atom stereocenters. The van der Waals surface area contributed by atoms with Crippen LogP contribution < -0.4 is 15.7 Å². The van der Waals surface area contributed by atoms with E-state index in [4.69, 9.17) is 21.2 Å². The fraction of sp³-hybridized carbons (Fsp3) is 0.222. The van der Waals surface area contributed by atoms with Crippen molar-refractivity contribution in [3.63, 3.8) is 0 Å². The highest BCUT2D eigenvalue weighted by atomic mass is 32.2. The van der Waals surface area contributed by atoms with E-state index < -0.39 is 21.7 Å². The molecule has 58 heavy (non-hydrogen) atoms. The number of nitrogens with two attached hydrogens (primary N) is 2. The van der Waals surface area contributed by atoms with Gasteiger partial charge in [0.2, 0.25) is 11.4 Å². The van der Waals surface area contributed by atoms with E-state index in [2.05, 4.69) is 11.7 Å². The SMILES string of the molecule is CCCCc1c(S(=O)(=O)Oc2ccc(C(=O)c3ccccc3)c(O)c2)c(C=O)c2ccccc2c1CCCC.Cc1ccc(N)c([N+](=[N-])C2=CC(=[N+]=[N-])CC=C2N)c1. The van der Waals surface area contributed by atoms with Crippen LogP contribution in [0.4, 0.5) is 11.4 Å². The van der Waals surface area contributed by atoms with Crippen molar-refractivity contribution in [1.82, 2.24) is 0 Å². The van der Waals surface area contributed by atoms with Crippen LogP contribution in [0.1, 0.15) is 88.9 Å². The minimum Gasteiger partial charge on any atom is -0.507 e. The number of benzene rings is 5. The lowest BCUT2D eigenvalue weighted by atomic mass is 9.89. The number of anilines is 1. The van der Waals surface area contributed by atoms with E-state index in [1.54, 1.807) is 60.7 Å². The number of phenolic OH excluding ortho intramolecular Hbond substituents is 1. The molecule has 13 heteroatoms. The molecular formula is C45H46N6O6S. The van der Waals surface area contributed by atoms with E-state index >= 15 is 0 Å². The summed E-state index contributed by atoms with van der Waals surface area (Å²) >= 11 is 0. The maximum Gasteiger partial charge on any atom is 0.340 e. The molecule has 0 bridgehead atoms. The Hall–Kier alpha value is -6.69. The zero-order valence-corrected chi connectivity index (χ0v) is 33.5. The standard InChI is InChI=1S/C32H32O6S.C13H14N6/c1-3-5-14-25-24-16-10-11-17-26(24)29(21-33)32(27(25)15-6-4-2)39(36,37)38-23-18-19-28(30(34)20-23)31(35)22-12-8-7-9-13-22;1-8-2-4-10(14)12(6-8)19(17)13-7-9(18-16)3-5-11(13)15/h7-13,16-21,34H,3-6,14-15H2,1-2H3;2,4-7H,3,14-15H2,1H3. The molecule has 0 saturated carbocycles. The molecule has 6 rings (SSSR count). The molecule has 12 nitrogen and oxygen atoms in total. The Morgan fingerprint density at radius 3 is 2.21 bits per heavy atom. The van der Waals surface area contributed by atoms with Crippen LogP contribution in [0.15, 0.2) is 119 Å². The number of unbranched alkanes of at least 4 members (excludes halogenated alkanes) is 2. The van der Waals surface area contributed by atoms with Gasteiger partial charge in [-0.1, -0.05) is 87.4 Å². The average molecular weight is 799 g/mol. The normalized spacial score (nSPS) is 12.4. The molecule has 0 unspecified atom stereocenters. The van der Waals surface area contributed by atoms with Crippen molar-refractivity contribution in [3.8, 4) is 11.5 Å². The van der Waals surface area contributed by atoms with Crippen LogP contribution in [0.2, 0.25) is 0 Å². The summed E-state index contributed by atoms with van der Waals surface area (Å²) in [5, 5.41) is 12.0. The maximum absolute atomic E-state index is 13.9. The van der Waals surface area contributed by atoms with Gasteiger partial charge in [-0.15, -0.1) is 0 Å². The van der Waals surface area contributed by atoms with Gasteiger partial charge in [-0.05, 0) is 84.3 Å². The van der Waals surface area contributed by atoms with Gasteiger partial charge >= 0.3 is 15.8 Å². The molecule has 1 aliphatic rings. The van der Waals surface area contributed by atoms with E-state index in [9.17, 15) is 28.6 Å². The van der Waals surface area contributed by atoms with E-state index in [-0.39, 0.29) is 21.8 Å².